The van der Waals surface area contributed by atoms with E-state index in [1.807, 2.05) is 6.08 Å². The predicted octanol–water partition coefficient (Wildman–Crippen LogP) is 1.97. The maximum Gasteiger partial charge on any atom is 0.164 e. The van der Waals surface area contributed by atoms with Crippen LogP contribution in [0.4, 0.5) is 0 Å². The number of carbonyl (C=O) groups excluding carboxylic acids is 1. The van der Waals surface area contributed by atoms with E-state index in [0.29, 0.717) is 6.42 Å². The molecule has 2 rings (SSSR count). The van der Waals surface area contributed by atoms with Crippen molar-refractivity contribution in [2.75, 3.05) is 0 Å². The van der Waals surface area contributed by atoms with Gasteiger partial charge in [-0.15, -0.1) is 0 Å². The zero-order valence-electron chi connectivity index (χ0n) is 9.62. The van der Waals surface area contributed by atoms with Crippen molar-refractivity contribution in [3.63, 3.8) is 0 Å². The zero-order chi connectivity index (χ0) is 11.5. The van der Waals surface area contributed by atoms with Gasteiger partial charge in [-0.3, -0.25) is 4.79 Å². The maximum atomic E-state index is 11.9. The summed E-state index contributed by atoms with van der Waals surface area (Å²) in [5, 5.41) is 2.20. The molecule has 0 amide bonds. The molecule has 0 saturated carbocycles. The van der Waals surface area contributed by atoms with Crippen LogP contribution in [0.2, 0.25) is 0 Å². The molecule has 0 N–H and O–H groups in total. The summed E-state index contributed by atoms with van der Waals surface area (Å²) in [5.74, 6) is 0.286. The average molecular weight is 212 g/mol. The second kappa shape index (κ2) is 4.48. The molecule has 0 fully saturated rings. The lowest BCUT2D eigenvalue weighted by atomic mass is 10.0. The Hall–Kier alpha value is -1.63. The molecule has 0 unspecified atom stereocenters. The summed E-state index contributed by atoms with van der Waals surface area (Å²) < 4.78 is 0. The van der Waals surface area contributed by atoms with Crippen molar-refractivity contribution in [1.29, 1.82) is 0 Å². The smallest absolute Gasteiger partial charge is 0.164 e. The molecule has 1 aliphatic carbocycles. The van der Waals surface area contributed by atoms with Crippen molar-refractivity contribution in [2.45, 2.75) is 26.2 Å². The van der Waals surface area contributed by atoms with Crippen molar-refractivity contribution in [1.82, 2.24) is 0 Å². The molecule has 0 atom stereocenters. The Bertz CT molecular complexity index is 550. The molecule has 1 aromatic carbocycles. The Morgan fingerprint density at radius 2 is 2.19 bits per heavy atom. The number of fused-ring (bicyclic) bond motifs is 1. The van der Waals surface area contributed by atoms with E-state index < -0.39 is 0 Å². The SMILES string of the molecule is C=C/C=c1/ccc2c(/c1=C/CC)C(=O)CC2. The van der Waals surface area contributed by atoms with Gasteiger partial charge >= 0.3 is 0 Å². The minimum atomic E-state index is 0.286. The third-order valence-corrected chi connectivity index (χ3v) is 2.97. The van der Waals surface area contributed by atoms with E-state index in [4.69, 9.17) is 0 Å². The first kappa shape index (κ1) is 10.9. The first-order chi connectivity index (χ1) is 7.77. The second-order valence-corrected chi connectivity index (χ2v) is 4.04. The zero-order valence-corrected chi connectivity index (χ0v) is 9.62. The molecule has 1 nitrogen and oxygen atoms in total. The number of rotatable bonds is 2. The number of allylic oxidation sites excluding steroid dienone is 1. The van der Waals surface area contributed by atoms with Crippen LogP contribution in [0, 0.1) is 0 Å². The van der Waals surface area contributed by atoms with Crippen molar-refractivity contribution >= 4 is 17.9 Å². The van der Waals surface area contributed by atoms with Crippen LogP contribution in [0.15, 0.2) is 24.8 Å². The highest BCUT2D eigenvalue weighted by Crippen LogP contribution is 2.16. The summed E-state index contributed by atoms with van der Waals surface area (Å²) in [7, 11) is 0. The van der Waals surface area contributed by atoms with E-state index in [9.17, 15) is 4.79 Å². The number of Topliss-reactive ketones (excluding diaryl/α,β-unsaturated/α-hetero) is 1. The summed E-state index contributed by atoms with van der Waals surface area (Å²) >= 11 is 0. The number of carbonyl (C=O) groups is 1. The fourth-order valence-corrected chi connectivity index (χ4v) is 2.29. The molecule has 1 heteroatoms. The molecule has 16 heavy (non-hydrogen) atoms. The number of ketones is 1. The molecule has 0 aliphatic heterocycles. The fraction of sp³-hybridized carbons (Fsp3) is 0.267. The summed E-state index contributed by atoms with van der Waals surface area (Å²) in [6.45, 7) is 5.81. The quantitative estimate of drug-likeness (QED) is 0.732. The van der Waals surface area contributed by atoms with Gasteiger partial charge in [0.25, 0.3) is 0 Å². The molecule has 1 aliphatic rings. The van der Waals surface area contributed by atoms with Gasteiger partial charge in [0.1, 0.15) is 0 Å². The van der Waals surface area contributed by atoms with E-state index in [2.05, 4.69) is 31.7 Å². The minimum Gasteiger partial charge on any atom is -0.294 e. The molecular formula is C15H16O. The molecule has 1 aromatic rings. The Morgan fingerprint density at radius 1 is 1.38 bits per heavy atom. The lowest BCUT2D eigenvalue weighted by Crippen LogP contribution is -2.30. The number of hydrogen-bond donors (Lipinski definition) is 0. The van der Waals surface area contributed by atoms with E-state index in [-0.39, 0.29) is 5.78 Å². The van der Waals surface area contributed by atoms with E-state index in [1.165, 1.54) is 5.56 Å². The van der Waals surface area contributed by atoms with Gasteiger partial charge in [-0.25, -0.2) is 0 Å². The number of aryl methyl sites for hydroxylation is 1. The van der Waals surface area contributed by atoms with Crippen LogP contribution in [0.3, 0.4) is 0 Å². The van der Waals surface area contributed by atoms with Crippen LogP contribution in [-0.4, -0.2) is 5.78 Å². The van der Waals surface area contributed by atoms with Crippen molar-refractivity contribution in [3.8, 4) is 0 Å². The van der Waals surface area contributed by atoms with Crippen LogP contribution in [-0.2, 0) is 6.42 Å². The van der Waals surface area contributed by atoms with Gasteiger partial charge in [0, 0.05) is 12.0 Å². The second-order valence-electron chi connectivity index (χ2n) is 4.04. The third kappa shape index (κ3) is 1.73. The Kier molecular flexibility index (Phi) is 3.04. The van der Waals surface area contributed by atoms with Crippen LogP contribution >= 0.6 is 0 Å². The van der Waals surface area contributed by atoms with Gasteiger partial charge in [-0.1, -0.05) is 43.9 Å². The third-order valence-electron chi connectivity index (χ3n) is 2.97. The van der Waals surface area contributed by atoms with Gasteiger partial charge in [-0.05, 0) is 28.8 Å². The fourth-order valence-electron chi connectivity index (χ4n) is 2.29. The van der Waals surface area contributed by atoms with E-state index in [1.54, 1.807) is 6.08 Å². The monoisotopic (exact) mass is 212 g/mol. The van der Waals surface area contributed by atoms with E-state index >= 15 is 0 Å². The summed E-state index contributed by atoms with van der Waals surface area (Å²) in [6.07, 6.45) is 8.38. The van der Waals surface area contributed by atoms with Crippen molar-refractivity contribution in [2.24, 2.45) is 0 Å². The van der Waals surface area contributed by atoms with Gasteiger partial charge in [0.05, 0.1) is 0 Å². The normalized spacial score (nSPS) is 16.7. The Morgan fingerprint density at radius 3 is 2.88 bits per heavy atom. The number of benzene rings is 1. The van der Waals surface area contributed by atoms with Gasteiger partial charge in [0.2, 0.25) is 0 Å². The van der Waals surface area contributed by atoms with Crippen molar-refractivity contribution < 1.29 is 4.79 Å². The highest BCUT2D eigenvalue weighted by molar-refractivity contribution is 6.00. The number of hydrogen-bond acceptors (Lipinski definition) is 1. The molecular weight excluding hydrogens is 196 g/mol. The van der Waals surface area contributed by atoms with Gasteiger partial charge < -0.3 is 0 Å². The van der Waals surface area contributed by atoms with Crippen LogP contribution in [0.1, 0.15) is 35.7 Å². The van der Waals surface area contributed by atoms with Gasteiger partial charge in [0.15, 0.2) is 5.78 Å². The standard InChI is InChI=1S/C15H16O/c1-3-5-11-7-8-12-9-10-14(16)15(12)13(11)6-4-2/h3,5-8H,1,4,9-10H2,2H3/b11-5-,13-6+. The molecule has 0 radical (unpaired) electrons. The Balaban J connectivity index is 2.84. The van der Waals surface area contributed by atoms with Crippen LogP contribution < -0.4 is 10.4 Å². The molecule has 0 heterocycles. The largest absolute Gasteiger partial charge is 0.294 e. The summed E-state index contributed by atoms with van der Waals surface area (Å²) in [4.78, 5) is 11.9. The highest BCUT2D eigenvalue weighted by atomic mass is 16.1. The van der Waals surface area contributed by atoms with Crippen molar-refractivity contribution in [3.05, 3.63) is 46.4 Å². The summed E-state index contributed by atoms with van der Waals surface area (Å²) in [6, 6.07) is 4.16. The minimum absolute atomic E-state index is 0.286. The topological polar surface area (TPSA) is 17.1 Å². The first-order valence-electron chi connectivity index (χ1n) is 5.76. The van der Waals surface area contributed by atoms with E-state index in [0.717, 1.165) is 28.8 Å². The molecule has 0 saturated heterocycles. The predicted molar refractivity (Wildman–Crippen MR) is 67.8 cm³/mol. The first-order valence-corrected chi connectivity index (χ1v) is 5.76. The molecule has 0 spiro atoms. The molecule has 0 bridgehead atoms. The molecule has 0 aromatic heterocycles. The average Bonchev–Trinajstić information content (AvgIpc) is 2.65. The van der Waals surface area contributed by atoms with Crippen LogP contribution in [0.5, 0.6) is 0 Å². The summed E-state index contributed by atoms with van der Waals surface area (Å²) in [5.41, 5.74) is 2.14. The Labute approximate surface area is 95.8 Å². The lowest BCUT2D eigenvalue weighted by Gasteiger charge is -2.00. The highest BCUT2D eigenvalue weighted by Gasteiger charge is 2.20. The van der Waals surface area contributed by atoms with Gasteiger partial charge in [-0.2, -0.15) is 0 Å². The lowest BCUT2D eigenvalue weighted by molar-refractivity contribution is 0.0993. The maximum absolute atomic E-state index is 11.9. The molecule has 82 valence electrons. The van der Waals surface area contributed by atoms with Crippen LogP contribution in [0.25, 0.3) is 12.2 Å².